The number of alkyl halides is 8. The van der Waals surface area contributed by atoms with Crippen LogP contribution in [-0.2, 0) is 12.4 Å². The van der Waals surface area contributed by atoms with Crippen LogP contribution >= 0.6 is 47.6 Å². The highest BCUT2D eigenvalue weighted by molar-refractivity contribution is 7.80. The largest absolute Gasteiger partial charge is 0.416 e. The lowest BCUT2D eigenvalue weighted by Gasteiger charge is -2.31. The number of halogens is 8. The van der Waals surface area contributed by atoms with Crippen molar-refractivity contribution in [3.8, 4) is 0 Å². The average molecular weight is 1000 g/mol. The first-order chi connectivity index (χ1) is 31.4. The van der Waals surface area contributed by atoms with Gasteiger partial charge in [-0.2, -0.15) is 31.3 Å². The highest BCUT2D eigenvalue weighted by Gasteiger charge is 2.32. The zero-order chi connectivity index (χ0) is 49.1. The van der Waals surface area contributed by atoms with E-state index < -0.39 is 35.3 Å². The molecule has 21 heteroatoms. The van der Waals surface area contributed by atoms with E-state index in [1.54, 1.807) is 30.5 Å². The third-order valence-electron chi connectivity index (χ3n) is 9.87. The predicted octanol–water partition coefficient (Wildman–Crippen LogP) is 11.6. The van der Waals surface area contributed by atoms with Gasteiger partial charge in [-0.25, -0.2) is 0 Å². The number of nitrogens with one attached hydrogen (secondary N) is 2. The summed E-state index contributed by atoms with van der Waals surface area (Å²) in [5.74, 6) is -0.898. The predicted molar refractivity (Wildman–Crippen MR) is 261 cm³/mol. The maximum atomic E-state index is 13.2. The van der Waals surface area contributed by atoms with Gasteiger partial charge in [0.2, 0.25) is 0 Å². The quantitative estimate of drug-likeness (QED) is 0.0512. The number of nitrogens with zero attached hydrogens (tertiary/aromatic N) is 6. The minimum absolute atomic E-state index is 0.0774. The van der Waals surface area contributed by atoms with E-state index in [0.717, 1.165) is 88.2 Å². The second-order valence-electron chi connectivity index (χ2n) is 14.2. The van der Waals surface area contributed by atoms with Crippen molar-refractivity contribution in [3.63, 3.8) is 0 Å². The minimum atomic E-state index is -4.47. The molecule has 4 N–H and O–H groups in total. The van der Waals surface area contributed by atoms with Crippen LogP contribution in [0.25, 0.3) is 0 Å². The van der Waals surface area contributed by atoms with Crippen molar-refractivity contribution < 1.29 is 35.9 Å². The lowest BCUT2D eigenvalue weighted by Crippen LogP contribution is -2.35. The van der Waals surface area contributed by atoms with Gasteiger partial charge in [-0.1, -0.05) is 20.8 Å². The molecule has 6 rings (SSSR count). The number of benzene rings is 2. The molecule has 360 valence electrons. The van der Waals surface area contributed by atoms with Gasteiger partial charge in [0, 0.05) is 51.0 Å². The van der Waals surface area contributed by atoms with Crippen LogP contribution in [0.3, 0.4) is 0 Å². The number of isothiocyanates is 1. The smallest absolute Gasteiger partial charge is 0.397 e. The molecule has 0 saturated carbocycles. The van der Waals surface area contributed by atoms with E-state index in [9.17, 15) is 35.9 Å². The zero-order valence-electron chi connectivity index (χ0n) is 36.9. The molecule has 2 aromatic heterocycles. The summed E-state index contributed by atoms with van der Waals surface area (Å²) in [6, 6.07) is 13.6. The van der Waals surface area contributed by atoms with Gasteiger partial charge >= 0.3 is 12.4 Å². The van der Waals surface area contributed by atoms with Crippen molar-refractivity contribution in [1.29, 1.82) is 0 Å². The number of piperidine rings is 2. The number of anilines is 4. The van der Waals surface area contributed by atoms with Crippen LogP contribution in [0, 0.1) is 0 Å². The molecule has 0 aliphatic carbocycles. The molecule has 2 fully saturated rings. The topological polar surface area (TPSA) is 132 Å². The number of aromatic nitrogens is 2. The van der Waals surface area contributed by atoms with Crippen LogP contribution in [0.5, 0.6) is 0 Å². The molecule has 4 heterocycles. The molecule has 0 unspecified atom stereocenters. The molecule has 11 nitrogen and oxygen atoms in total. The van der Waals surface area contributed by atoms with Crippen LogP contribution < -0.4 is 26.2 Å². The second-order valence-corrected chi connectivity index (χ2v) is 15.6. The summed E-state index contributed by atoms with van der Waals surface area (Å²) in [5.41, 5.74) is 6.74. The van der Waals surface area contributed by atoms with Crippen LogP contribution in [0.15, 0.2) is 90.4 Å². The molecule has 0 spiro atoms. The number of nitrogens with two attached hydrogens (primary N) is 1. The normalized spacial score (nSPS) is 13.3. The van der Waals surface area contributed by atoms with Crippen molar-refractivity contribution >= 4 is 92.5 Å². The Labute approximate surface area is 403 Å². The molecule has 4 aromatic rings. The van der Waals surface area contributed by atoms with Crippen LogP contribution in [-0.4, -0.2) is 88.1 Å². The Bertz CT molecular complexity index is 2110. The molecule has 0 atom stereocenters. The van der Waals surface area contributed by atoms with Gasteiger partial charge in [0.05, 0.1) is 55.5 Å². The molecular weight excluding hydrogens is 948 g/mol. The number of rotatable bonds is 8. The number of nitrogen functional groups attached to an aromatic ring is 1. The van der Waals surface area contributed by atoms with E-state index in [4.69, 9.17) is 41.2 Å². The first-order valence-electron chi connectivity index (χ1n) is 21.0. The maximum absolute atomic E-state index is 13.2. The van der Waals surface area contributed by atoms with E-state index in [2.05, 4.69) is 68.4 Å². The molecule has 66 heavy (non-hydrogen) atoms. The molecule has 2 amide bonds. The third-order valence-corrected chi connectivity index (χ3v) is 10.2. The highest BCUT2D eigenvalue weighted by atomic mass is 35.5. The number of hydrogen-bond acceptors (Lipinski definition) is 10. The van der Waals surface area contributed by atoms with Gasteiger partial charge in [0.1, 0.15) is 0 Å². The summed E-state index contributed by atoms with van der Waals surface area (Å²) in [6.07, 6.45) is 3.48. The van der Waals surface area contributed by atoms with E-state index >= 15 is 0 Å². The second kappa shape index (κ2) is 30.4. The molecule has 2 aliphatic heterocycles. The first-order valence-corrected chi connectivity index (χ1v) is 22.9. The number of carbonyl (C=O) groups excluding carboxylic acids is 2. The highest BCUT2D eigenvalue weighted by Crippen LogP contribution is 2.37. The maximum Gasteiger partial charge on any atom is 0.416 e. The fraction of sp³-hybridized carbons (Fsp3) is 0.422. The Morgan fingerprint density at radius 2 is 1.21 bits per heavy atom. The van der Waals surface area contributed by atoms with E-state index in [1.165, 1.54) is 56.8 Å². The van der Waals surface area contributed by atoms with Gasteiger partial charge in [-0.15, -0.1) is 23.2 Å². The van der Waals surface area contributed by atoms with Crippen molar-refractivity contribution in [1.82, 2.24) is 20.2 Å². The van der Waals surface area contributed by atoms with Crippen LogP contribution in [0.4, 0.5) is 49.1 Å². The summed E-state index contributed by atoms with van der Waals surface area (Å²) < 4.78 is 76.9. The molecular formula is C45H55Cl2F6N9O2S2. The van der Waals surface area contributed by atoms with Crippen LogP contribution in [0.1, 0.15) is 91.1 Å². The Morgan fingerprint density at radius 3 is 1.62 bits per heavy atom. The Kier molecular flexibility index (Phi) is 26.3. The van der Waals surface area contributed by atoms with E-state index in [0.29, 0.717) is 16.8 Å². The molecule has 2 aromatic carbocycles. The Balaban J connectivity index is 0.000000333. The van der Waals surface area contributed by atoms with Crippen molar-refractivity contribution in [3.05, 3.63) is 108 Å². The van der Waals surface area contributed by atoms with Crippen LogP contribution in [0.2, 0.25) is 0 Å². The Morgan fingerprint density at radius 1 is 0.758 bits per heavy atom. The van der Waals surface area contributed by atoms with Gasteiger partial charge in [0.25, 0.3) is 11.8 Å². The van der Waals surface area contributed by atoms with Gasteiger partial charge in [-0.3, -0.25) is 24.9 Å². The van der Waals surface area contributed by atoms with Gasteiger partial charge < -0.3 is 25.8 Å². The number of carbonyl (C=O) groups is 2. The summed E-state index contributed by atoms with van der Waals surface area (Å²) in [7, 11) is 0. The van der Waals surface area contributed by atoms with Crippen molar-refractivity contribution in [2.24, 2.45) is 4.99 Å². The average Bonchev–Trinajstić information content (AvgIpc) is 3.31. The van der Waals surface area contributed by atoms with Gasteiger partial charge in [-0.05, 0) is 143 Å². The fourth-order valence-electron chi connectivity index (χ4n) is 6.47. The van der Waals surface area contributed by atoms with Crippen molar-refractivity contribution in [2.75, 3.05) is 72.0 Å². The summed E-state index contributed by atoms with van der Waals surface area (Å²) in [4.78, 5) is 40.4. The number of hydrogen-bond donors (Lipinski definition) is 3. The number of thiocarbonyl (C=S) groups is 2. The first kappa shape index (κ1) is 57.2. The van der Waals surface area contributed by atoms with E-state index in [-0.39, 0.29) is 21.8 Å². The van der Waals surface area contributed by atoms with Gasteiger partial charge in [0.15, 0.2) is 5.11 Å². The summed E-state index contributed by atoms with van der Waals surface area (Å²) in [6.45, 7) is 13.4. The number of aliphatic imine (C=N–C) groups is 1. The summed E-state index contributed by atoms with van der Waals surface area (Å²) in [5, 5.41) is 7.35. The minimum Gasteiger partial charge on any atom is -0.397 e. The lowest BCUT2D eigenvalue weighted by molar-refractivity contribution is -0.138. The molecule has 2 aliphatic rings. The molecule has 0 radical (unpaired) electrons. The Hall–Kier alpha value is -4.91. The molecule has 0 bridgehead atoms. The number of amides is 2. The molecule has 2 saturated heterocycles. The number of pyridine rings is 2. The van der Waals surface area contributed by atoms with Crippen molar-refractivity contribution in [2.45, 2.75) is 71.6 Å². The fourth-order valence-corrected chi connectivity index (χ4v) is 6.75. The SMILES string of the molecule is CCN(CC)CC.ClCCl.Nc1cc(C(F)(F)F)ccc1N1CCCCC1.O=C(N=C=S)c1cccnc1.O=C(NC(=S)Nc1cc(C(F)(F)F)ccc1N1CCCCC1)c1cccnc1. The zero-order valence-corrected chi connectivity index (χ0v) is 40.0. The van der Waals surface area contributed by atoms with E-state index in [1.807, 2.05) is 10.1 Å². The summed E-state index contributed by atoms with van der Waals surface area (Å²) >= 11 is 18.9. The lowest BCUT2D eigenvalue weighted by atomic mass is 10.1. The third kappa shape index (κ3) is 20.7. The standard InChI is InChI=1S/C19H19F3N4OS.C12H15F3N2.C7H4N2OS.C6H15N.CH2Cl2/c20-19(21,22)14-6-7-16(26-9-2-1-3-10-26)15(11-14)24-18(28)25-17(27)13-5-4-8-23-12-13;13-12(14,15)9-4-5-11(10(16)8-9)17-6-2-1-3-7-17;10-7(9-5-11)6-2-1-3-8-4-6;1-4-7(5-2)6-3;2-1-3/h4-8,11-12H,1-3,9-10H2,(H2,24,25,27,28);4-5,8H,1-3,6-7,16H2;1-4H;4-6H2,1-3H3;1H2. The monoisotopic (exact) mass is 1000 g/mol.